The van der Waals surface area contributed by atoms with Crippen LogP contribution in [0.2, 0.25) is 0 Å². The van der Waals surface area contributed by atoms with Gasteiger partial charge in [0.25, 0.3) is 5.91 Å². The summed E-state index contributed by atoms with van der Waals surface area (Å²) in [6.45, 7) is 3.25. The van der Waals surface area contributed by atoms with Gasteiger partial charge < -0.3 is 9.73 Å². The lowest BCUT2D eigenvalue weighted by atomic mass is 10.0. The fourth-order valence-electron chi connectivity index (χ4n) is 2.56. The molecule has 26 heavy (non-hydrogen) atoms. The standard InChI is InChI=1S/C20H17N3O3/c1-21-23-20(25)19(22-18(24)11-10-17-7-4-12-26-17)16-9-8-14-5-2-3-6-15(14)13-16/h2-13,19H,1H2,(H,22,24)(H,23,25)/b11-10+. The lowest BCUT2D eigenvalue weighted by Gasteiger charge is -2.17. The molecule has 0 aliphatic heterocycles. The van der Waals surface area contributed by atoms with Gasteiger partial charge in [-0.25, -0.2) is 5.43 Å². The summed E-state index contributed by atoms with van der Waals surface area (Å²) in [6, 6.07) is 15.9. The number of rotatable bonds is 6. The summed E-state index contributed by atoms with van der Waals surface area (Å²) < 4.78 is 5.14. The van der Waals surface area contributed by atoms with Crippen LogP contribution in [-0.2, 0) is 9.59 Å². The second kappa shape index (κ2) is 7.94. The largest absolute Gasteiger partial charge is 0.465 e. The molecule has 3 rings (SSSR count). The molecule has 2 N–H and O–H groups in total. The highest BCUT2D eigenvalue weighted by Gasteiger charge is 2.22. The highest BCUT2D eigenvalue weighted by atomic mass is 16.3. The van der Waals surface area contributed by atoms with Crippen molar-refractivity contribution < 1.29 is 14.0 Å². The van der Waals surface area contributed by atoms with Crippen molar-refractivity contribution in [1.29, 1.82) is 0 Å². The van der Waals surface area contributed by atoms with Gasteiger partial charge in [0, 0.05) is 12.8 Å². The van der Waals surface area contributed by atoms with E-state index in [0.29, 0.717) is 11.3 Å². The number of carbonyl (C=O) groups is 2. The smallest absolute Gasteiger partial charge is 0.267 e. The molecule has 1 unspecified atom stereocenters. The lowest BCUT2D eigenvalue weighted by molar-refractivity contribution is -0.127. The van der Waals surface area contributed by atoms with Gasteiger partial charge in [-0.15, -0.1) is 0 Å². The van der Waals surface area contributed by atoms with Gasteiger partial charge in [-0.2, -0.15) is 5.10 Å². The molecule has 0 spiro atoms. The molecule has 2 aromatic carbocycles. The summed E-state index contributed by atoms with van der Waals surface area (Å²) in [5.74, 6) is -0.367. The van der Waals surface area contributed by atoms with Crippen LogP contribution in [0.15, 0.2) is 76.5 Å². The first-order valence-electron chi connectivity index (χ1n) is 7.94. The van der Waals surface area contributed by atoms with Crippen molar-refractivity contribution in [2.75, 3.05) is 0 Å². The fourth-order valence-corrected chi connectivity index (χ4v) is 2.56. The monoisotopic (exact) mass is 347 g/mol. The summed E-state index contributed by atoms with van der Waals surface area (Å²) in [6.07, 6.45) is 4.34. The Bertz CT molecular complexity index is 961. The lowest BCUT2D eigenvalue weighted by Crippen LogP contribution is -2.38. The van der Waals surface area contributed by atoms with Crippen LogP contribution >= 0.6 is 0 Å². The number of furan rings is 1. The average Bonchev–Trinajstić information content (AvgIpc) is 3.18. The maximum absolute atomic E-state index is 12.3. The third-order valence-corrected chi connectivity index (χ3v) is 3.79. The first-order valence-corrected chi connectivity index (χ1v) is 7.94. The molecule has 2 amide bonds. The molecule has 0 bridgehead atoms. The quantitative estimate of drug-likeness (QED) is 0.408. The van der Waals surface area contributed by atoms with Crippen molar-refractivity contribution in [2.24, 2.45) is 5.10 Å². The fraction of sp³-hybridized carbons (Fsp3) is 0.0500. The van der Waals surface area contributed by atoms with E-state index in [2.05, 4.69) is 22.6 Å². The van der Waals surface area contributed by atoms with Crippen LogP contribution in [0.5, 0.6) is 0 Å². The average molecular weight is 347 g/mol. The zero-order valence-electron chi connectivity index (χ0n) is 13.9. The summed E-state index contributed by atoms with van der Waals surface area (Å²) >= 11 is 0. The Labute approximate surface area is 150 Å². The summed E-state index contributed by atoms with van der Waals surface area (Å²) in [5, 5.41) is 8.09. The number of nitrogens with zero attached hydrogens (tertiary/aromatic N) is 1. The molecule has 1 heterocycles. The Morgan fingerprint density at radius 3 is 2.62 bits per heavy atom. The van der Waals surface area contributed by atoms with Crippen molar-refractivity contribution in [1.82, 2.24) is 10.7 Å². The van der Waals surface area contributed by atoms with Gasteiger partial charge in [0.15, 0.2) is 0 Å². The van der Waals surface area contributed by atoms with Crippen molar-refractivity contribution in [2.45, 2.75) is 6.04 Å². The maximum Gasteiger partial charge on any atom is 0.267 e. The Kier molecular flexibility index (Phi) is 5.24. The molecule has 0 saturated heterocycles. The van der Waals surface area contributed by atoms with Crippen LogP contribution in [0, 0.1) is 0 Å². The highest BCUT2D eigenvalue weighted by molar-refractivity contribution is 5.96. The van der Waals surface area contributed by atoms with Crippen molar-refractivity contribution >= 4 is 35.4 Å². The molecule has 130 valence electrons. The SMILES string of the molecule is C=NNC(=O)C(NC(=O)/C=C/c1ccco1)c1ccc2ccccc2c1. The van der Waals surface area contributed by atoms with E-state index in [0.717, 1.165) is 10.8 Å². The Morgan fingerprint density at radius 2 is 1.88 bits per heavy atom. The van der Waals surface area contributed by atoms with Crippen LogP contribution in [0.4, 0.5) is 0 Å². The molecule has 0 aliphatic rings. The second-order valence-electron chi connectivity index (χ2n) is 5.53. The minimum atomic E-state index is -0.904. The number of carbonyl (C=O) groups excluding carboxylic acids is 2. The van der Waals surface area contributed by atoms with E-state index in [1.54, 1.807) is 18.2 Å². The van der Waals surface area contributed by atoms with Gasteiger partial charge in [-0.3, -0.25) is 9.59 Å². The van der Waals surface area contributed by atoms with E-state index in [1.165, 1.54) is 18.4 Å². The molecule has 0 fully saturated rings. The molecule has 0 radical (unpaired) electrons. The number of fused-ring (bicyclic) bond motifs is 1. The van der Waals surface area contributed by atoms with Crippen LogP contribution in [0.3, 0.4) is 0 Å². The van der Waals surface area contributed by atoms with Crippen LogP contribution in [-0.4, -0.2) is 18.5 Å². The van der Waals surface area contributed by atoms with Gasteiger partial charge in [-0.1, -0.05) is 36.4 Å². The molecule has 3 aromatic rings. The molecular weight excluding hydrogens is 330 g/mol. The van der Waals surface area contributed by atoms with Crippen LogP contribution in [0.25, 0.3) is 16.8 Å². The van der Waals surface area contributed by atoms with Crippen molar-refractivity contribution in [3.05, 3.63) is 78.3 Å². The zero-order chi connectivity index (χ0) is 18.4. The predicted molar refractivity (Wildman–Crippen MR) is 100 cm³/mol. The molecular formula is C20H17N3O3. The van der Waals surface area contributed by atoms with Gasteiger partial charge in [0.1, 0.15) is 11.8 Å². The van der Waals surface area contributed by atoms with E-state index in [4.69, 9.17) is 4.42 Å². The first-order chi connectivity index (χ1) is 12.7. The number of amides is 2. The Hall–Kier alpha value is -3.67. The number of nitrogens with one attached hydrogen (secondary N) is 2. The summed E-state index contributed by atoms with van der Waals surface area (Å²) in [4.78, 5) is 24.6. The molecule has 6 nitrogen and oxygen atoms in total. The van der Waals surface area contributed by atoms with E-state index in [-0.39, 0.29) is 0 Å². The van der Waals surface area contributed by atoms with E-state index >= 15 is 0 Å². The molecule has 1 atom stereocenters. The van der Waals surface area contributed by atoms with Gasteiger partial charge in [0.2, 0.25) is 5.91 Å². The highest BCUT2D eigenvalue weighted by Crippen LogP contribution is 2.21. The van der Waals surface area contributed by atoms with Gasteiger partial charge >= 0.3 is 0 Å². The Balaban J connectivity index is 1.85. The third-order valence-electron chi connectivity index (χ3n) is 3.79. The number of hydrazone groups is 1. The summed E-state index contributed by atoms with van der Waals surface area (Å²) in [7, 11) is 0. The second-order valence-corrected chi connectivity index (χ2v) is 5.53. The molecule has 0 aliphatic carbocycles. The topological polar surface area (TPSA) is 83.7 Å². The number of hydrogen-bond donors (Lipinski definition) is 2. The van der Waals surface area contributed by atoms with Crippen molar-refractivity contribution in [3.8, 4) is 0 Å². The number of hydrogen-bond acceptors (Lipinski definition) is 4. The van der Waals surface area contributed by atoms with Crippen LogP contribution < -0.4 is 10.7 Å². The summed E-state index contributed by atoms with van der Waals surface area (Å²) in [5.41, 5.74) is 2.93. The first kappa shape index (κ1) is 17.2. The third kappa shape index (κ3) is 4.05. The zero-order valence-corrected chi connectivity index (χ0v) is 13.9. The molecule has 0 saturated carbocycles. The minimum absolute atomic E-state index is 0.432. The van der Waals surface area contributed by atoms with Gasteiger partial charge in [-0.05, 0) is 40.6 Å². The Morgan fingerprint density at radius 1 is 1.08 bits per heavy atom. The van der Waals surface area contributed by atoms with E-state index < -0.39 is 17.9 Å². The van der Waals surface area contributed by atoms with E-state index in [1.807, 2.05) is 36.4 Å². The van der Waals surface area contributed by atoms with Crippen molar-refractivity contribution in [3.63, 3.8) is 0 Å². The molecule has 6 heteroatoms. The predicted octanol–water partition coefficient (Wildman–Crippen LogP) is 3.04. The van der Waals surface area contributed by atoms with Gasteiger partial charge in [0.05, 0.1) is 6.26 Å². The minimum Gasteiger partial charge on any atom is -0.465 e. The van der Waals surface area contributed by atoms with Crippen LogP contribution in [0.1, 0.15) is 17.4 Å². The maximum atomic E-state index is 12.3. The normalized spacial score (nSPS) is 12.0. The van der Waals surface area contributed by atoms with E-state index in [9.17, 15) is 9.59 Å². The number of benzene rings is 2. The molecule has 1 aromatic heterocycles.